The van der Waals surface area contributed by atoms with Crippen molar-refractivity contribution in [1.82, 2.24) is 9.78 Å². The number of hydrogen-bond acceptors (Lipinski definition) is 5. The number of aromatic nitrogens is 2. The van der Waals surface area contributed by atoms with Gasteiger partial charge >= 0.3 is 0 Å². The van der Waals surface area contributed by atoms with E-state index in [9.17, 15) is 0 Å². The van der Waals surface area contributed by atoms with E-state index in [0.717, 1.165) is 49.6 Å². The number of anilines is 2. The molecule has 1 aromatic heterocycles. The molecule has 1 aliphatic rings. The van der Waals surface area contributed by atoms with Gasteiger partial charge in [-0.15, -0.1) is 0 Å². The zero-order valence-corrected chi connectivity index (χ0v) is 11.8. The van der Waals surface area contributed by atoms with E-state index in [-0.39, 0.29) is 12.7 Å². The molecule has 1 aliphatic heterocycles. The van der Waals surface area contributed by atoms with E-state index in [1.807, 2.05) is 11.7 Å². The number of piperidine rings is 1. The maximum absolute atomic E-state index is 8.77. The predicted octanol–water partition coefficient (Wildman–Crippen LogP) is 0.542. The van der Waals surface area contributed by atoms with Crippen LogP contribution >= 0.6 is 0 Å². The Balaban J connectivity index is 1.99. The lowest BCUT2D eigenvalue weighted by Crippen LogP contribution is -2.38. The van der Waals surface area contributed by atoms with Gasteiger partial charge in [0.05, 0.1) is 30.7 Å². The zero-order valence-electron chi connectivity index (χ0n) is 11.8. The molecule has 0 aliphatic carbocycles. The molecule has 108 valence electrons. The van der Waals surface area contributed by atoms with Crippen molar-refractivity contribution in [2.75, 3.05) is 36.9 Å². The molecule has 0 saturated carbocycles. The van der Waals surface area contributed by atoms with Gasteiger partial charge in [0.1, 0.15) is 5.82 Å². The molecule has 6 nitrogen and oxygen atoms in total. The fourth-order valence-electron chi connectivity index (χ4n) is 2.68. The van der Waals surface area contributed by atoms with Crippen LogP contribution in [0.15, 0.2) is 0 Å². The topological polar surface area (TPSA) is 76.5 Å². The SMILES string of the molecule is CCc1nn(C)c(N2CCC(OCCO)CC2)c1N. The second-order valence-corrected chi connectivity index (χ2v) is 4.94. The van der Waals surface area contributed by atoms with Crippen LogP contribution in [-0.4, -0.2) is 47.3 Å². The van der Waals surface area contributed by atoms with Crippen molar-refractivity contribution in [1.29, 1.82) is 0 Å². The van der Waals surface area contributed by atoms with E-state index >= 15 is 0 Å². The van der Waals surface area contributed by atoms with Crippen LogP contribution in [0.25, 0.3) is 0 Å². The second kappa shape index (κ2) is 6.25. The third kappa shape index (κ3) is 3.01. The molecule has 0 spiro atoms. The normalized spacial score (nSPS) is 17.1. The standard InChI is InChI=1S/C13H24N4O2/c1-3-11-12(14)13(16(2)15-11)17-6-4-10(5-7-17)19-9-8-18/h10,18H,3-9,14H2,1-2H3. The highest BCUT2D eigenvalue weighted by Crippen LogP contribution is 2.29. The van der Waals surface area contributed by atoms with Gasteiger partial charge < -0.3 is 20.5 Å². The smallest absolute Gasteiger partial charge is 0.150 e. The first-order valence-corrected chi connectivity index (χ1v) is 6.96. The first-order chi connectivity index (χ1) is 9.17. The van der Waals surface area contributed by atoms with Crippen molar-refractivity contribution in [3.63, 3.8) is 0 Å². The van der Waals surface area contributed by atoms with Crippen LogP contribution in [-0.2, 0) is 18.2 Å². The summed E-state index contributed by atoms with van der Waals surface area (Å²) in [5.74, 6) is 1.03. The number of hydrogen-bond donors (Lipinski definition) is 2. The average molecular weight is 268 g/mol. The van der Waals surface area contributed by atoms with Crippen molar-refractivity contribution < 1.29 is 9.84 Å². The van der Waals surface area contributed by atoms with Crippen LogP contribution in [0.4, 0.5) is 11.5 Å². The average Bonchev–Trinajstić information content (AvgIpc) is 2.72. The monoisotopic (exact) mass is 268 g/mol. The van der Waals surface area contributed by atoms with Crippen LogP contribution in [0.2, 0.25) is 0 Å². The Morgan fingerprint density at radius 3 is 2.63 bits per heavy atom. The number of aliphatic hydroxyl groups excluding tert-OH is 1. The van der Waals surface area contributed by atoms with Gasteiger partial charge in [-0.05, 0) is 19.3 Å². The van der Waals surface area contributed by atoms with Crippen molar-refractivity contribution >= 4 is 11.5 Å². The molecule has 6 heteroatoms. The highest BCUT2D eigenvalue weighted by Gasteiger charge is 2.24. The Morgan fingerprint density at radius 2 is 2.11 bits per heavy atom. The number of nitrogens with two attached hydrogens (primary N) is 1. The molecular formula is C13H24N4O2. The lowest BCUT2D eigenvalue weighted by atomic mass is 10.1. The molecule has 0 aromatic carbocycles. The Bertz CT molecular complexity index is 411. The lowest BCUT2D eigenvalue weighted by molar-refractivity contribution is 0.0158. The Hall–Kier alpha value is -1.27. The molecule has 0 unspecified atom stereocenters. The van der Waals surface area contributed by atoms with E-state index in [4.69, 9.17) is 15.6 Å². The lowest BCUT2D eigenvalue weighted by Gasteiger charge is -2.33. The summed E-state index contributed by atoms with van der Waals surface area (Å²) in [5, 5.41) is 13.2. The molecule has 0 amide bonds. The van der Waals surface area contributed by atoms with Crippen molar-refractivity contribution in [2.45, 2.75) is 32.3 Å². The minimum Gasteiger partial charge on any atom is -0.394 e. The van der Waals surface area contributed by atoms with Crippen LogP contribution in [0.5, 0.6) is 0 Å². The largest absolute Gasteiger partial charge is 0.394 e. The molecule has 0 bridgehead atoms. The summed E-state index contributed by atoms with van der Waals surface area (Å²) >= 11 is 0. The highest BCUT2D eigenvalue weighted by atomic mass is 16.5. The van der Waals surface area contributed by atoms with Crippen molar-refractivity contribution in [2.24, 2.45) is 7.05 Å². The van der Waals surface area contributed by atoms with Crippen LogP contribution < -0.4 is 10.6 Å². The number of nitrogen functional groups attached to an aromatic ring is 1. The van der Waals surface area contributed by atoms with E-state index in [2.05, 4.69) is 16.9 Å². The number of rotatable bonds is 5. The number of aryl methyl sites for hydroxylation is 2. The third-order valence-corrected chi connectivity index (χ3v) is 3.65. The maximum atomic E-state index is 8.77. The van der Waals surface area contributed by atoms with Gasteiger partial charge in [0, 0.05) is 20.1 Å². The second-order valence-electron chi connectivity index (χ2n) is 4.94. The third-order valence-electron chi connectivity index (χ3n) is 3.65. The Morgan fingerprint density at radius 1 is 1.42 bits per heavy atom. The van der Waals surface area contributed by atoms with E-state index in [0.29, 0.717) is 6.61 Å². The molecular weight excluding hydrogens is 244 g/mol. The van der Waals surface area contributed by atoms with Crippen molar-refractivity contribution in [3.05, 3.63) is 5.69 Å². The Labute approximate surface area is 114 Å². The molecule has 0 atom stereocenters. The summed E-state index contributed by atoms with van der Waals surface area (Å²) in [6.07, 6.45) is 3.04. The van der Waals surface area contributed by atoms with Crippen LogP contribution in [0.1, 0.15) is 25.5 Å². The van der Waals surface area contributed by atoms with Gasteiger partial charge in [0.2, 0.25) is 0 Å². The van der Waals surface area contributed by atoms with Crippen molar-refractivity contribution in [3.8, 4) is 0 Å². The van der Waals surface area contributed by atoms with Gasteiger partial charge in [-0.1, -0.05) is 6.92 Å². The molecule has 19 heavy (non-hydrogen) atoms. The zero-order chi connectivity index (χ0) is 13.8. The molecule has 2 heterocycles. The molecule has 1 aromatic rings. The number of ether oxygens (including phenoxy) is 1. The summed E-state index contributed by atoms with van der Waals surface area (Å²) in [4.78, 5) is 2.28. The number of aliphatic hydroxyl groups is 1. The van der Waals surface area contributed by atoms with E-state index in [1.165, 1.54) is 0 Å². The summed E-state index contributed by atoms with van der Waals surface area (Å²) < 4.78 is 7.45. The molecule has 2 rings (SSSR count). The first kappa shape index (κ1) is 14.1. The summed E-state index contributed by atoms with van der Waals surface area (Å²) in [6.45, 7) is 4.43. The van der Waals surface area contributed by atoms with E-state index < -0.39 is 0 Å². The van der Waals surface area contributed by atoms with Gasteiger partial charge in [-0.25, -0.2) is 0 Å². The molecule has 3 N–H and O–H groups in total. The molecule has 1 fully saturated rings. The van der Waals surface area contributed by atoms with Gasteiger partial charge in [-0.3, -0.25) is 4.68 Å². The summed E-state index contributed by atoms with van der Waals surface area (Å²) in [7, 11) is 1.94. The molecule has 1 saturated heterocycles. The van der Waals surface area contributed by atoms with Gasteiger partial charge in [0.25, 0.3) is 0 Å². The summed E-state index contributed by atoms with van der Waals surface area (Å²) in [5.41, 5.74) is 7.95. The quantitative estimate of drug-likeness (QED) is 0.815. The maximum Gasteiger partial charge on any atom is 0.150 e. The fourth-order valence-corrected chi connectivity index (χ4v) is 2.68. The number of nitrogens with zero attached hydrogens (tertiary/aromatic N) is 3. The van der Waals surface area contributed by atoms with Crippen LogP contribution in [0.3, 0.4) is 0 Å². The first-order valence-electron chi connectivity index (χ1n) is 6.96. The summed E-state index contributed by atoms with van der Waals surface area (Å²) in [6, 6.07) is 0. The predicted molar refractivity (Wildman–Crippen MR) is 75.3 cm³/mol. The van der Waals surface area contributed by atoms with Gasteiger partial charge in [-0.2, -0.15) is 5.10 Å². The fraction of sp³-hybridized carbons (Fsp3) is 0.769. The minimum absolute atomic E-state index is 0.0920. The highest BCUT2D eigenvalue weighted by molar-refractivity contribution is 5.66. The Kier molecular flexibility index (Phi) is 4.66. The van der Waals surface area contributed by atoms with Crippen LogP contribution in [0, 0.1) is 0 Å². The molecule has 0 radical (unpaired) electrons. The van der Waals surface area contributed by atoms with E-state index in [1.54, 1.807) is 0 Å². The minimum atomic E-state index is 0.0920. The van der Waals surface area contributed by atoms with Gasteiger partial charge in [0.15, 0.2) is 0 Å².